The molecular weight excluding hydrogens is 370 g/mol. The third-order valence-electron chi connectivity index (χ3n) is 4.74. The molecule has 8 nitrogen and oxygen atoms in total. The summed E-state index contributed by atoms with van der Waals surface area (Å²) in [5.41, 5.74) is 2.05. The average Bonchev–Trinajstić information content (AvgIpc) is 3.14. The summed E-state index contributed by atoms with van der Waals surface area (Å²) in [4.78, 5) is 12.8. The minimum Gasteiger partial charge on any atom is -0.494 e. The summed E-state index contributed by atoms with van der Waals surface area (Å²) in [5.74, 6) is 0.917. The first-order valence-corrected chi connectivity index (χ1v) is 10.2. The van der Waals surface area contributed by atoms with Gasteiger partial charge in [0.1, 0.15) is 11.8 Å². The number of carbonyl (C=O) groups excluding carboxylic acids is 1. The second kappa shape index (κ2) is 9.54. The quantitative estimate of drug-likeness (QED) is 0.505. The van der Waals surface area contributed by atoms with Crippen LogP contribution in [0.1, 0.15) is 65.0 Å². The van der Waals surface area contributed by atoms with E-state index in [-0.39, 0.29) is 12.1 Å². The van der Waals surface area contributed by atoms with E-state index in [9.17, 15) is 4.79 Å². The molecule has 0 spiro atoms. The van der Waals surface area contributed by atoms with Gasteiger partial charge in [-0.25, -0.2) is 4.79 Å². The van der Waals surface area contributed by atoms with Gasteiger partial charge in [-0.1, -0.05) is 43.4 Å². The van der Waals surface area contributed by atoms with Gasteiger partial charge in [-0.2, -0.15) is 4.68 Å². The predicted molar refractivity (Wildman–Crippen MR) is 110 cm³/mol. The number of hydrogen-bond acceptors (Lipinski definition) is 7. The van der Waals surface area contributed by atoms with Gasteiger partial charge in [0.05, 0.1) is 18.3 Å². The van der Waals surface area contributed by atoms with Gasteiger partial charge < -0.3 is 14.8 Å². The summed E-state index contributed by atoms with van der Waals surface area (Å²) in [6.07, 6.45) is 4.44. The van der Waals surface area contributed by atoms with Crippen LogP contribution in [0, 0.1) is 0 Å². The van der Waals surface area contributed by atoms with Crippen LogP contribution in [0.3, 0.4) is 0 Å². The van der Waals surface area contributed by atoms with Crippen molar-refractivity contribution in [3.63, 3.8) is 0 Å². The van der Waals surface area contributed by atoms with Crippen LogP contribution < -0.4 is 10.1 Å². The molecule has 3 rings (SSSR count). The number of fused-ring (bicyclic) bond motifs is 1. The lowest BCUT2D eigenvalue weighted by Crippen LogP contribution is -2.30. The van der Waals surface area contributed by atoms with Crippen molar-refractivity contribution in [2.45, 2.75) is 65.5 Å². The van der Waals surface area contributed by atoms with Crippen molar-refractivity contribution in [3.05, 3.63) is 41.1 Å². The number of carbonyl (C=O) groups is 1. The molecule has 0 saturated carbocycles. The van der Waals surface area contributed by atoms with Crippen LogP contribution >= 0.6 is 0 Å². The second-order valence-electron chi connectivity index (χ2n) is 7.45. The molecule has 8 heteroatoms. The molecule has 2 heterocycles. The first-order valence-electron chi connectivity index (χ1n) is 10.2. The first-order chi connectivity index (χ1) is 14.0. The number of tetrazole rings is 1. The maximum absolute atomic E-state index is 12.8. The molecule has 0 amide bonds. The van der Waals surface area contributed by atoms with Crippen molar-refractivity contribution in [2.75, 3.05) is 11.9 Å². The fourth-order valence-corrected chi connectivity index (χ4v) is 3.33. The van der Waals surface area contributed by atoms with Crippen LogP contribution in [0.4, 0.5) is 5.95 Å². The highest BCUT2D eigenvalue weighted by Crippen LogP contribution is 2.35. The Morgan fingerprint density at radius 2 is 1.97 bits per heavy atom. The van der Waals surface area contributed by atoms with Gasteiger partial charge in [0.15, 0.2) is 0 Å². The van der Waals surface area contributed by atoms with Gasteiger partial charge in [-0.3, -0.25) is 0 Å². The molecule has 1 aliphatic rings. The zero-order valence-electron chi connectivity index (χ0n) is 17.5. The topological polar surface area (TPSA) is 91.2 Å². The van der Waals surface area contributed by atoms with Gasteiger partial charge in [0, 0.05) is 5.70 Å². The van der Waals surface area contributed by atoms with Crippen LogP contribution in [0.15, 0.2) is 35.5 Å². The Balaban J connectivity index is 1.81. The molecule has 1 atom stereocenters. The van der Waals surface area contributed by atoms with E-state index in [4.69, 9.17) is 9.47 Å². The highest BCUT2D eigenvalue weighted by Gasteiger charge is 2.35. The summed E-state index contributed by atoms with van der Waals surface area (Å²) in [7, 11) is 0. The van der Waals surface area contributed by atoms with E-state index in [2.05, 4.69) is 27.8 Å². The van der Waals surface area contributed by atoms with E-state index in [1.807, 2.05) is 45.0 Å². The number of nitrogens with one attached hydrogen (secondary N) is 1. The lowest BCUT2D eigenvalue weighted by molar-refractivity contribution is -0.143. The van der Waals surface area contributed by atoms with Gasteiger partial charge >= 0.3 is 5.97 Å². The Bertz CT molecular complexity index is 857. The summed E-state index contributed by atoms with van der Waals surface area (Å²) in [6.45, 7) is 8.38. The summed E-state index contributed by atoms with van der Waals surface area (Å²) in [5, 5.41) is 14.9. The molecule has 0 aliphatic carbocycles. The predicted octanol–water partition coefficient (Wildman–Crippen LogP) is 3.87. The lowest BCUT2D eigenvalue weighted by atomic mass is 9.95. The monoisotopic (exact) mass is 399 g/mol. The number of ether oxygens (including phenoxy) is 2. The van der Waals surface area contributed by atoms with Crippen LogP contribution in [0.5, 0.6) is 5.75 Å². The minimum atomic E-state index is -0.467. The zero-order valence-corrected chi connectivity index (χ0v) is 17.5. The van der Waals surface area contributed by atoms with E-state index in [1.165, 1.54) is 19.3 Å². The van der Waals surface area contributed by atoms with Crippen LogP contribution in [-0.4, -0.2) is 38.9 Å². The van der Waals surface area contributed by atoms with Crippen LogP contribution in [-0.2, 0) is 9.53 Å². The number of hydrogen-bond donors (Lipinski definition) is 1. The molecule has 29 heavy (non-hydrogen) atoms. The van der Waals surface area contributed by atoms with Crippen molar-refractivity contribution in [1.29, 1.82) is 0 Å². The van der Waals surface area contributed by atoms with Crippen molar-refractivity contribution < 1.29 is 14.3 Å². The summed E-state index contributed by atoms with van der Waals surface area (Å²) in [6, 6.07) is 7.26. The van der Waals surface area contributed by atoms with Crippen molar-refractivity contribution >= 4 is 11.9 Å². The molecular formula is C21H29N5O3. The summed E-state index contributed by atoms with van der Waals surface area (Å²) >= 11 is 0. The van der Waals surface area contributed by atoms with Crippen molar-refractivity contribution in [3.8, 4) is 5.75 Å². The zero-order chi connectivity index (χ0) is 20.8. The average molecular weight is 399 g/mol. The molecule has 0 fully saturated rings. The van der Waals surface area contributed by atoms with Crippen LogP contribution in [0.25, 0.3) is 0 Å². The Labute approximate surface area is 171 Å². The Hall–Kier alpha value is -2.90. The van der Waals surface area contributed by atoms with E-state index >= 15 is 0 Å². The Kier molecular flexibility index (Phi) is 6.85. The fourth-order valence-electron chi connectivity index (χ4n) is 3.33. The number of rotatable bonds is 9. The van der Waals surface area contributed by atoms with Gasteiger partial charge in [-0.05, 0) is 55.3 Å². The maximum Gasteiger partial charge on any atom is 0.338 e. The normalized spacial score (nSPS) is 15.8. The molecule has 1 aromatic carbocycles. The van der Waals surface area contributed by atoms with Crippen molar-refractivity contribution in [1.82, 2.24) is 20.2 Å². The molecule has 1 unspecified atom stereocenters. The third-order valence-corrected chi connectivity index (χ3v) is 4.74. The van der Waals surface area contributed by atoms with E-state index < -0.39 is 6.04 Å². The summed E-state index contributed by atoms with van der Waals surface area (Å²) < 4.78 is 12.9. The largest absolute Gasteiger partial charge is 0.494 e. The molecule has 1 aromatic heterocycles. The lowest BCUT2D eigenvalue weighted by Gasteiger charge is -2.28. The van der Waals surface area contributed by atoms with Gasteiger partial charge in [0.2, 0.25) is 5.95 Å². The number of nitrogens with zero attached hydrogens (tertiary/aromatic N) is 4. The molecule has 1 aliphatic heterocycles. The Morgan fingerprint density at radius 3 is 2.66 bits per heavy atom. The standard InChI is InChI=1S/C21H29N5O3/c1-5-6-7-8-13-28-17-11-9-16(10-12-17)19-18(20(27)29-14(2)3)15(4)22-21-23-24-25-26(19)21/h9-12,14,19H,5-8,13H2,1-4H3,(H,22,23,25). The van der Waals surface area contributed by atoms with E-state index in [0.717, 1.165) is 17.7 Å². The molecule has 156 valence electrons. The molecule has 0 radical (unpaired) electrons. The minimum absolute atomic E-state index is 0.220. The maximum atomic E-state index is 12.8. The van der Waals surface area contributed by atoms with E-state index in [0.29, 0.717) is 23.8 Å². The Morgan fingerprint density at radius 1 is 1.21 bits per heavy atom. The molecule has 0 bridgehead atoms. The highest BCUT2D eigenvalue weighted by atomic mass is 16.5. The van der Waals surface area contributed by atoms with Gasteiger partial charge in [-0.15, -0.1) is 0 Å². The van der Waals surface area contributed by atoms with Crippen LogP contribution in [0.2, 0.25) is 0 Å². The molecule has 0 saturated heterocycles. The van der Waals surface area contributed by atoms with Crippen molar-refractivity contribution in [2.24, 2.45) is 0 Å². The number of allylic oxidation sites excluding steroid dienone is 1. The number of esters is 1. The third kappa shape index (κ3) is 4.93. The number of unbranched alkanes of at least 4 members (excludes halogenated alkanes) is 3. The van der Waals surface area contributed by atoms with Gasteiger partial charge in [0.25, 0.3) is 0 Å². The molecule has 1 N–H and O–H groups in total. The second-order valence-corrected chi connectivity index (χ2v) is 7.45. The smallest absolute Gasteiger partial charge is 0.338 e. The first kappa shape index (κ1) is 20.8. The highest BCUT2D eigenvalue weighted by molar-refractivity contribution is 5.92. The molecule has 2 aromatic rings. The van der Waals surface area contributed by atoms with E-state index in [1.54, 1.807) is 4.68 Å². The number of aromatic nitrogens is 4. The SMILES string of the molecule is CCCCCCOc1ccc(C2C(C(=O)OC(C)C)=C(C)Nc3nnnn32)cc1. The number of benzene rings is 1. The number of anilines is 1. The fraction of sp³-hybridized carbons (Fsp3) is 0.524.